The van der Waals surface area contributed by atoms with Crippen LogP contribution in [0.3, 0.4) is 0 Å². The lowest BCUT2D eigenvalue weighted by Gasteiger charge is -2.29. The van der Waals surface area contributed by atoms with Crippen LogP contribution in [0.4, 0.5) is 28.9 Å². The molecule has 164 valence electrons. The van der Waals surface area contributed by atoms with Crippen LogP contribution >= 0.6 is 12.2 Å². The molecule has 7 nitrogen and oxygen atoms in total. The zero-order valence-corrected chi connectivity index (χ0v) is 17.2. The summed E-state index contributed by atoms with van der Waals surface area (Å²) in [5, 5.41) is 10.9. The van der Waals surface area contributed by atoms with E-state index in [0.29, 0.717) is 6.07 Å². The van der Waals surface area contributed by atoms with Gasteiger partial charge in [0.15, 0.2) is 5.11 Å². The number of rotatable bonds is 3. The summed E-state index contributed by atoms with van der Waals surface area (Å²) in [5.41, 5.74) is -4.08. The highest BCUT2D eigenvalue weighted by Crippen LogP contribution is 2.39. The Morgan fingerprint density at radius 2 is 1.78 bits per heavy atom. The largest absolute Gasteiger partial charge is 0.417 e. The van der Waals surface area contributed by atoms with Gasteiger partial charge in [0.1, 0.15) is 11.4 Å². The first-order valence-electron chi connectivity index (χ1n) is 8.82. The van der Waals surface area contributed by atoms with Crippen LogP contribution in [-0.2, 0) is 11.0 Å². The van der Waals surface area contributed by atoms with Gasteiger partial charge in [-0.15, -0.1) is 4.91 Å². The molecule has 0 aromatic heterocycles. The summed E-state index contributed by atoms with van der Waals surface area (Å²) in [5.74, 6) is -3.11. The lowest BCUT2D eigenvalue weighted by atomic mass is 10.0. The van der Waals surface area contributed by atoms with Gasteiger partial charge >= 0.3 is 12.1 Å². The van der Waals surface area contributed by atoms with Crippen molar-refractivity contribution in [3.8, 4) is 6.07 Å². The van der Waals surface area contributed by atoms with Crippen molar-refractivity contribution in [3.05, 3.63) is 63.8 Å². The van der Waals surface area contributed by atoms with Gasteiger partial charge in [-0.05, 0) is 62.5 Å². The maximum absolute atomic E-state index is 14.4. The number of nitroso groups, excluding NO2 is 1. The number of alkyl halides is 3. The average molecular weight is 464 g/mol. The summed E-state index contributed by atoms with van der Waals surface area (Å²) < 4.78 is 54.5. The molecule has 2 aromatic carbocycles. The highest BCUT2D eigenvalue weighted by Gasteiger charge is 2.50. The van der Waals surface area contributed by atoms with Crippen LogP contribution in [0.15, 0.2) is 41.6 Å². The minimum atomic E-state index is -4.85. The molecule has 12 heteroatoms. The van der Waals surface area contributed by atoms with E-state index in [1.807, 2.05) is 0 Å². The van der Waals surface area contributed by atoms with E-state index >= 15 is 0 Å². The summed E-state index contributed by atoms with van der Waals surface area (Å²) in [7, 11) is 0. The Morgan fingerprint density at radius 3 is 2.31 bits per heavy atom. The Labute approximate surface area is 183 Å². The molecule has 1 heterocycles. The summed E-state index contributed by atoms with van der Waals surface area (Å²) in [6.45, 7) is 2.86. The van der Waals surface area contributed by atoms with Crippen molar-refractivity contribution in [1.82, 2.24) is 0 Å². The standard InChI is InChI=1S/C20H12F4N4O3S/c1-19(2)17(30)27(11-4-3-10(9-25)14(7-11)20(22,23)24)18(32)28(19)12-5-6-13(15(21)8-12)16(29)26-31/h3-8H,1-2H3. The Bertz CT molecular complexity index is 1220. The summed E-state index contributed by atoms with van der Waals surface area (Å²) in [6, 6.07) is 7.25. The van der Waals surface area contributed by atoms with Gasteiger partial charge in [0, 0.05) is 10.9 Å². The van der Waals surface area contributed by atoms with E-state index in [1.165, 1.54) is 30.9 Å². The lowest BCUT2D eigenvalue weighted by molar-refractivity contribution is -0.137. The van der Waals surface area contributed by atoms with E-state index in [1.54, 1.807) is 0 Å². The molecule has 0 saturated carbocycles. The number of anilines is 2. The normalized spacial score (nSPS) is 15.7. The van der Waals surface area contributed by atoms with Crippen LogP contribution in [0.25, 0.3) is 0 Å². The fourth-order valence-electron chi connectivity index (χ4n) is 3.33. The molecule has 2 amide bonds. The molecule has 3 rings (SSSR count). The monoisotopic (exact) mass is 464 g/mol. The zero-order valence-electron chi connectivity index (χ0n) is 16.4. The van der Waals surface area contributed by atoms with Crippen molar-refractivity contribution in [3.63, 3.8) is 0 Å². The van der Waals surface area contributed by atoms with E-state index in [9.17, 15) is 32.1 Å². The molecule has 1 saturated heterocycles. The van der Waals surface area contributed by atoms with Crippen LogP contribution in [0, 0.1) is 22.1 Å². The third-order valence-corrected chi connectivity index (χ3v) is 5.24. The molecule has 0 spiro atoms. The molecular weight excluding hydrogens is 452 g/mol. The van der Waals surface area contributed by atoms with Crippen LogP contribution in [0.1, 0.15) is 35.3 Å². The minimum absolute atomic E-state index is 0.0282. The number of carbonyl (C=O) groups excluding carboxylic acids is 2. The van der Waals surface area contributed by atoms with E-state index < -0.39 is 46.0 Å². The first-order chi connectivity index (χ1) is 14.8. The fourth-order valence-corrected chi connectivity index (χ4v) is 3.85. The number of hydrogen-bond acceptors (Lipinski definition) is 5. The number of amides is 2. The second-order valence-electron chi connectivity index (χ2n) is 7.22. The molecule has 0 unspecified atom stereocenters. The molecule has 32 heavy (non-hydrogen) atoms. The number of hydrogen-bond donors (Lipinski definition) is 0. The predicted molar refractivity (Wildman–Crippen MR) is 109 cm³/mol. The van der Waals surface area contributed by atoms with Gasteiger partial charge in [-0.25, -0.2) is 4.39 Å². The number of halogens is 4. The number of benzene rings is 2. The number of nitriles is 1. The second kappa shape index (κ2) is 7.76. The highest BCUT2D eigenvalue weighted by atomic mass is 32.1. The molecule has 1 fully saturated rings. The highest BCUT2D eigenvalue weighted by molar-refractivity contribution is 7.81. The van der Waals surface area contributed by atoms with Crippen molar-refractivity contribution >= 4 is 40.5 Å². The van der Waals surface area contributed by atoms with E-state index in [0.717, 1.165) is 29.2 Å². The summed E-state index contributed by atoms with van der Waals surface area (Å²) >= 11 is 5.33. The van der Waals surface area contributed by atoms with Gasteiger partial charge in [0.25, 0.3) is 5.91 Å². The molecule has 2 aromatic rings. The van der Waals surface area contributed by atoms with E-state index in [-0.39, 0.29) is 16.5 Å². The average Bonchev–Trinajstić information content (AvgIpc) is 2.90. The Balaban J connectivity index is 2.11. The van der Waals surface area contributed by atoms with Gasteiger partial charge in [-0.1, -0.05) is 0 Å². The van der Waals surface area contributed by atoms with Gasteiger partial charge in [0.2, 0.25) is 0 Å². The molecule has 1 aliphatic rings. The molecule has 0 aliphatic carbocycles. The van der Waals surface area contributed by atoms with Crippen molar-refractivity contribution in [2.24, 2.45) is 5.18 Å². The fraction of sp³-hybridized carbons (Fsp3) is 0.200. The molecule has 1 aliphatic heterocycles. The quantitative estimate of drug-likeness (QED) is 0.376. The van der Waals surface area contributed by atoms with Gasteiger partial charge in [0.05, 0.1) is 28.4 Å². The number of nitrogens with zero attached hydrogens (tertiary/aromatic N) is 4. The molecular formula is C20H12F4N4O3S. The van der Waals surface area contributed by atoms with Crippen molar-refractivity contribution in [1.29, 1.82) is 5.26 Å². The Morgan fingerprint density at radius 1 is 1.16 bits per heavy atom. The predicted octanol–water partition coefficient (Wildman–Crippen LogP) is 4.54. The molecule has 0 bridgehead atoms. The lowest BCUT2D eigenvalue weighted by Crippen LogP contribution is -2.44. The smallest absolute Gasteiger partial charge is 0.303 e. The van der Waals surface area contributed by atoms with Gasteiger partial charge in [-0.2, -0.15) is 18.4 Å². The SMILES string of the molecule is CC1(C)C(=O)N(c2ccc(C#N)c(C(F)(F)F)c2)C(=S)N1c1ccc(C(=O)N=O)c(F)c1. The third kappa shape index (κ3) is 3.60. The van der Waals surface area contributed by atoms with Crippen LogP contribution in [0.2, 0.25) is 0 Å². The van der Waals surface area contributed by atoms with Crippen LogP contribution < -0.4 is 9.80 Å². The van der Waals surface area contributed by atoms with Crippen LogP contribution in [0.5, 0.6) is 0 Å². The maximum atomic E-state index is 14.4. The van der Waals surface area contributed by atoms with Crippen molar-refractivity contribution < 1.29 is 27.2 Å². The van der Waals surface area contributed by atoms with Crippen molar-refractivity contribution in [2.75, 3.05) is 9.80 Å². The van der Waals surface area contributed by atoms with E-state index in [4.69, 9.17) is 17.5 Å². The second-order valence-corrected chi connectivity index (χ2v) is 7.58. The zero-order chi connectivity index (χ0) is 24.0. The molecule has 0 N–H and O–H groups in total. The molecule has 0 radical (unpaired) electrons. The Hall–Kier alpha value is -3.72. The topological polar surface area (TPSA) is 93.8 Å². The molecule has 0 atom stereocenters. The summed E-state index contributed by atoms with van der Waals surface area (Å²) in [4.78, 5) is 36.9. The van der Waals surface area contributed by atoms with Crippen molar-refractivity contribution in [2.45, 2.75) is 25.6 Å². The number of carbonyl (C=O) groups is 2. The minimum Gasteiger partial charge on any atom is -0.303 e. The van der Waals surface area contributed by atoms with Gasteiger partial charge < -0.3 is 4.90 Å². The first-order valence-corrected chi connectivity index (χ1v) is 9.22. The third-order valence-electron chi connectivity index (χ3n) is 4.88. The van der Waals surface area contributed by atoms with Crippen LogP contribution in [-0.4, -0.2) is 22.5 Å². The first kappa shape index (κ1) is 23.0. The summed E-state index contributed by atoms with van der Waals surface area (Å²) in [6.07, 6.45) is -4.85. The van der Waals surface area contributed by atoms with Gasteiger partial charge in [-0.3, -0.25) is 14.5 Å². The van der Waals surface area contributed by atoms with E-state index in [2.05, 4.69) is 5.18 Å². The number of thiocarbonyl (C=S) groups is 1. The maximum Gasteiger partial charge on any atom is 0.417 e. The Kier molecular flexibility index (Phi) is 5.56.